The first-order valence-electron chi connectivity index (χ1n) is 6.50. The number of aromatic nitrogens is 1. The van der Waals surface area contributed by atoms with Crippen molar-refractivity contribution in [1.82, 2.24) is 4.98 Å². The van der Waals surface area contributed by atoms with E-state index >= 15 is 0 Å². The maximum atomic E-state index is 8.79. The number of hydrogen-bond acceptors (Lipinski definition) is 4. The van der Waals surface area contributed by atoms with Gasteiger partial charge in [-0.15, -0.1) is 0 Å². The number of halogens is 1. The maximum Gasteiger partial charge on any atom is 0.173 e. The van der Waals surface area contributed by atoms with Crippen LogP contribution < -0.4 is 10.5 Å². The first kappa shape index (κ1) is 15.3. The number of aryl methyl sites for hydroxylation is 1. The minimum atomic E-state index is 0.0339. The van der Waals surface area contributed by atoms with E-state index in [1.807, 2.05) is 18.2 Å². The third kappa shape index (κ3) is 4.46. The van der Waals surface area contributed by atoms with Crippen molar-refractivity contribution in [2.45, 2.75) is 12.8 Å². The Morgan fingerprint density at radius 3 is 2.76 bits per heavy atom. The normalized spacial score (nSPS) is 11.4. The summed E-state index contributed by atoms with van der Waals surface area (Å²) in [6.45, 7) is 0.546. The molecule has 0 atom stereocenters. The second-order valence-corrected chi connectivity index (χ2v) is 5.35. The van der Waals surface area contributed by atoms with Gasteiger partial charge >= 0.3 is 0 Å². The Morgan fingerprint density at radius 1 is 1.29 bits per heavy atom. The van der Waals surface area contributed by atoms with Gasteiger partial charge in [0.15, 0.2) is 5.84 Å². The number of oxime groups is 1. The number of pyridine rings is 1. The van der Waals surface area contributed by atoms with Gasteiger partial charge in [-0.25, -0.2) is 0 Å². The van der Waals surface area contributed by atoms with Crippen LogP contribution >= 0.6 is 15.9 Å². The molecule has 0 saturated carbocycles. The predicted octanol–water partition coefficient (Wildman–Crippen LogP) is 2.95. The van der Waals surface area contributed by atoms with Crippen molar-refractivity contribution < 1.29 is 9.94 Å². The van der Waals surface area contributed by atoms with E-state index in [0.717, 1.165) is 17.3 Å². The van der Waals surface area contributed by atoms with E-state index in [1.165, 1.54) is 5.56 Å². The second kappa shape index (κ2) is 7.64. The predicted molar refractivity (Wildman–Crippen MR) is 84.7 cm³/mol. The van der Waals surface area contributed by atoms with Gasteiger partial charge in [-0.1, -0.05) is 21.1 Å². The molecule has 0 saturated heterocycles. The average Bonchev–Trinajstić information content (AvgIpc) is 2.52. The van der Waals surface area contributed by atoms with E-state index in [9.17, 15) is 0 Å². The molecule has 1 heterocycles. The molecule has 2 aromatic rings. The summed E-state index contributed by atoms with van der Waals surface area (Å²) in [6, 6.07) is 9.34. The molecule has 21 heavy (non-hydrogen) atoms. The molecule has 0 fully saturated rings. The van der Waals surface area contributed by atoms with Crippen LogP contribution in [0.15, 0.2) is 52.4 Å². The Kier molecular flexibility index (Phi) is 5.57. The van der Waals surface area contributed by atoms with E-state index in [2.05, 4.69) is 26.1 Å². The zero-order valence-electron chi connectivity index (χ0n) is 11.4. The largest absolute Gasteiger partial charge is 0.493 e. The highest BCUT2D eigenvalue weighted by atomic mass is 79.9. The minimum Gasteiger partial charge on any atom is -0.493 e. The molecule has 110 valence electrons. The van der Waals surface area contributed by atoms with E-state index in [4.69, 9.17) is 15.7 Å². The SMILES string of the molecule is N/C(=N/O)c1ccc(Br)cc1OCCCc1ccncc1. The molecule has 0 radical (unpaired) electrons. The zero-order valence-corrected chi connectivity index (χ0v) is 13.0. The average molecular weight is 350 g/mol. The molecular weight excluding hydrogens is 334 g/mol. The van der Waals surface area contributed by atoms with Crippen molar-refractivity contribution >= 4 is 21.8 Å². The maximum absolute atomic E-state index is 8.79. The first-order valence-corrected chi connectivity index (χ1v) is 7.29. The quantitative estimate of drug-likeness (QED) is 0.276. The van der Waals surface area contributed by atoms with Crippen LogP contribution in [0.25, 0.3) is 0 Å². The number of rotatable bonds is 6. The summed E-state index contributed by atoms with van der Waals surface area (Å²) in [6.07, 6.45) is 5.34. The van der Waals surface area contributed by atoms with E-state index in [-0.39, 0.29) is 5.84 Å². The summed E-state index contributed by atoms with van der Waals surface area (Å²) >= 11 is 3.38. The van der Waals surface area contributed by atoms with Crippen LogP contribution in [0.2, 0.25) is 0 Å². The van der Waals surface area contributed by atoms with Crippen LogP contribution in [0.1, 0.15) is 17.5 Å². The second-order valence-electron chi connectivity index (χ2n) is 4.43. The van der Waals surface area contributed by atoms with Crippen LogP contribution in [0.3, 0.4) is 0 Å². The molecule has 0 aliphatic rings. The van der Waals surface area contributed by atoms with Gasteiger partial charge in [-0.3, -0.25) is 4.98 Å². The van der Waals surface area contributed by atoms with Gasteiger partial charge in [0.05, 0.1) is 12.2 Å². The molecule has 0 amide bonds. The van der Waals surface area contributed by atoms with Crippen molar-refractivity contribution in [3.63, 3.8) is 0 Å². The fourth-order valence-corrected chi connectivity index (χ4v) is 2.23. The molecule has 2 rings (SSSR count). The third-order valence-corrected chi connectivity index (χ3v) is 3.44. The number of amidine groups is 1. The van der Waals surface area contributed by atoms with Crippen molar-refractivity contribution in [3.05, 3.63) is 58.3 Å². The summed E-state index contributed by atoms with van der Waals surface area (Å²) < 4.78 is 6.62. The fourth-order valence-electron chi connectivity index (χ4n) is 1.89. The lowest BCUT2D eigenvalue weighted by molar-refractivity contribution is 0.307. The number of benzene rings is 1. The number of hydrogen-bond donors (Lipinski definition) is 2. The highest BCUT2D eigenvalue weighted by molar-refractivity contribution is 9.10. The first-order chi connectivity index (χ1) is 10.2. The molecular formula is C15H16BrN3O2. The number of nitrogens with two attached hydrogens (primary N) is 1. The summed E-state index contributed by atoms with van der Waals surface area (Å²) in [5.74, 6) is 0.626. The summed E-state index contributed by atoms with van der Waals surface area (Å²) in [5.41, 5.74) is 7.43. The smallest absolute Gasteiger partial charge is 0.173 e. The van der Waals surface area contributed by atoms with E-state index in [1.54, 1.807) is 24.5 Å². The van der Waals surface area contributed by atoms with E-state index in [0.29, 0.717) is 17.9 Å². The molecule has 1 aromatic carbocycles. The highest BCUT2D eigenvalue weighted by Gasteiger charge is 2.09. The lowest BCUT2D eigenvalue weighted by atomic mass is 10.1. The summed E-state index contributed by atoms with van der Waals surface area (Å²) in [5, 5.41) is 11.8. The minimum absolute atomic E-state index is 0.0339. The molecule has 3 N–H and O–H groups in total. The van der Waals surface area contributed by atoms with Crippen LogP contribution in [-0.4, -0.2) is 22.6 Å². The molecule has 1 aromatic heterocycles. The lowest BCUT2D eigenvalue weighted by Gasteiger charge is -2.11. The van der Waals surface area contributed by atoms with Crippen molar-refractivity contribution in [2.75, 3.05) is 6.61 Å². The summed E-state index contributed by atoms with van der Waals surface area (Å²) in [7, 11) is 0. The molecule has 0 spiro atoms. The van der Waals surface area contributed by atoms with Crippen LogP contribution in [-0.2, 0) is 6.42 Å². The Balaban J connectivity index is 1.95. The van der Waals surface area contributed by atoms with Gasteiger partial charge in [0, 0.05) is 16.9 Å². The lowest BCUT2D eigenvalue weighted by Crippen LogP contribution is -2.15. The molecule has 0 unspecified atom stereocenters. The van der Waals surface area contributed by atoms with Crippen LogP contribution in [0.5, 0.6) is 5.75 Å². The molecule has 5 nitrogen and oxygen atoms in total. The highest BCUT2D eigenvalue weighted by Crippen LogP contribution is 2.24. The Hall–Kier alpha value is -2.08. The Bertz CT molecular complexity index is 618. The van der Waals surface area contributed by atoms with Crippen LogP contribution in [0, 0.1) is 0 Å². The van der Waals surface area contributed by atoms with Crippen molar-refractivity contribution in [2.24, 2.45) is 10.9 Å². The molecule has 0 bridgehead atoms. The standard InChI is InChI=1S/C15H16BrN3O2/c16-12-3-4-13(15(17)19-20)14(10-12)21-9-1-2-11-5-7-18-8-6-11/h3-8,10,20H,1-2,9H2,(H2,17,19). The summed E-state index contributed by atoms with van der Waals surface area (Å²) in [4.78, 5) is 3.98. The monoisotopic (exact) mass is 349 g/mol. The topological polar surface area (TPSA) is 80.7 Å². The number of ether oxygens (including phenoxy) is 1. The molecule has 6 heteroatoms. The fraction of sp³-hybridized carbons (Fsp3) is 0.200. The van der Waals surface area contributed by atoms with E-state index < -0.39 is 0 Å². The van der Waals surface area contributed by atoms with Gasteiger partial charge in [0.1, 0.15) is 5.75 Å². The Labute approximate surface area is 131 Å². The van der Waals surface area contributed by atoms with Crippen molar-refractivity contribution in [3.8, 4) is 5.75 Å². The Morgan fingerprint density at radius 2 is 2.05 bits per heavy atom. The number of nitrogens with zero attached hydrogens (tertiary/aromatic N) is 2. The molecule has 0 aliphatic heterocycles. The molecule has 0 aliphatic carbocycles. The van der Waals surface area contributed by atoms with Gasteiger partial charge in [-0.2, -0.15) is 0 Å². The third-order valence-electron chi connectivity index (χ3n) is 2.94. The van der Waals surface area contributed by atoms with Crippen molar-refractivity contribution in [1.29, 1.82) is 0 Å². The van der Waals surface area contributed by atoms with Gasteiger partial charge in [0.2, 0.25) is 0 Å². The van der Waals surface area contributed by atoms with Crippen LogP contribution in [0.4, 0.5) is 0 Å². The van der Waals surface area contributed by atoms with Gasteiger partial charge < -0.3 is 15.7 Å². The van der Waals surface area contributed by atoms with Gasteiger partial charge in [0.25, 0.3) is 0 Å². The zero-order chi connectivity index (χ0) is 15.1. The van der Waals surface area contributed by atoms with Gasteiger partial charge in [-0.05, 0) is 48.7 Å².